The van der Waals surface area contributed by atoms with E-state index in [0.29, 0.717) is 0 Å². The van der Waals surface area contributed by atoms with Crippen molar-refractivity contribution in [1.82, 2.24) is 4.98 Å². The molecule has 1 aromatic heterocycles. The van der Waals surface area contributed by atoms with Crippen LogP contribution in [0.2, 0.25) is 5.02 Å². The smallest absolute Gasteiger partial charge is 0.0727 e. The molecule has 0 aliphatic heterocycles. The molecule has 3 rings (SSSR count). The summed E-state index contributed by atoms with van der Waals surface area (Å²) in [4.78, 5) is 4.55. The van der Waals surface area contributed by atoms with E-state index in [1.807, 2.05) is 31.2 Å². The van der Waals surface area contributed by atoms with E-state index in [9.17, 15) is 0 Å². The number of nitrogens with one attached hydrogen (secondary N) is 1. The Morgan fingerprint density at radius 3 is 2.48 bits per heavy atom. The number of aromatic nitrogens is 1. The molecule has 106 valence electrons. The Hall–Kier alpha value is -2.06. The molecule has 0 saturated heterocycles. The van der Waals surface area contributed by atoms with Crippen LogP contribution in [0.25, 0.3) is 10.9 Å². The highest BCUT2D eigenvalue weighted by Gasteiger charge is 2.06. The first-order valence-corrected chi connectivity index (χ1v) is 7.32. The van der Waals surface area contributed by atoms with Gasteiger partial charge in [-0.15, -0.1) is 0 Å². The largest absolute Gasteiger partial charge is 0.355 e. The van der Waals surface area contributed by atoms with E-state index in [-0.39, 0.29) is 0 Å². The van der Waals surface area contributed by atoms with Crippen molar-refractivity contribution < 1.29 is 0 Å². The summed E-state index contributed by atoms with van der Waals surface area (Å²) in [5.41, 5.74) is 6.60. The number of hydrogen-bond donors (Lipinski definition) is 1. The fourth-order valence-electron chi connectivity index (χ4n) is 2.41. The van der Waals surface area contributed by atoms with Gasteiger partial charge in [-0.3, -0.25) is 4.98 Å². The quantitative estimate of drug-likeness (QED) is 0.670. The zero-order valence-electron chi connectivity index (χ0n) is 12.4. The molecule has 0 aliphatic carbocycles. The number of pyridine rings is 1. The van der Waals surface area contributed by atoms with Crippen LogP contribution in [0.15, 0.2) is 42.5 Å². The van der Waals surface area contributed by atoms with E-state index in [0.717, 1.165) is 33.0 Å². The van der Waals surface area contributed by atoms with Crippen LogP contribution in [0.1, 0.15) is 16.8 Å². The van der Waals surface area contributed by atoms with Crippen molar-refractivity contribution in [3.8, 4) is 0 Å². The minimum absolute atomic E-state index is 0.719. The first kappa shape index (κ1) is 13.9. The molecule has 3 heteroatoms. The van der Waals surface area contributed by atoms with Gasteiger partial charge in [0.05, 0.1) is 5.52 Å². The van der Waals surface area contributed by atoms with E-state index >= 15 is 0 Å². The van der Waals surface area contributed by atoms with Crippen LogP contribution in [-0.2, 0) is 0 Å². The van der Waals surface area contributed by atoms with Gasteiger partial charge in [0.15, 0.2) is 0 Å². The molecule has 0 fully saturated rings. The zero-order valence-corrected chi connectivity index (χ0v) is 13.1. The third kappa shape index (κ3) is 2.86. The number of nitrogens with zero attached hydrogens (tertiary/aromatic N) is 1. The number of halogens is 1. The predicted octanol–water partition coefficient (Wildman–Crippen LogP) is 5.56. The molecule has 2 aromatic carbocycles. The Bertz CT molecular complexity index is 825. The van der Waals surface area contributed by atoms with Gasteiger partial charge in [-0.2, -0.15) is 0 Å². The standard InChI is InChI=1S/C18H17ClN2/c1-11-4-6-15(8-12(11)2)21-18-9-13(3)20-17-7-5-14(19)10-16(17)18/h4-10H,1-3H3,(H,20,21). The summed E-state index contributed by atoms with van der Waals surface area (Å²) in [6.45, 7) is 6.23. The summed E-state index contributed by atoms with van der Waals surface area (Å²) in [5, 5.41) is 5.24. The second-order valence-corrected chi connectivity index (χ2v) is 5.83. The zero-order chi connectivity index (χ0) is 15.0. The fourth-order valence-corrected chi connectivity index (χ4v) is 2.58. The molecule has 1 heterocycles. The molecule has 2 nitrogen and oxygen atoms in total. The number of benzene rings is 2. The SMILES string of the molecule is Cc1cc(Nc2ccc(C)c(C)c2)c2cc(Cl)ccc2n1. The topological polar surface area (TPSA) is 24.9 Å². The maximum atomic E-state index is 6.12. The van der Waals surface area contributed by atoms with E-state index in [1.54, 1.807) is 0 Å². The molecule has 0 saturated carbocycles. The van der Waals surface area contributed by atoms with Gasteiger partial charge < -0.3 is 5.32 Å². The van der Waals surface area contributed by atoms with Crippen molar-refractivity contribution >= 4 is 33.9 Å². The molecular formula is C18H17ClN2. The Balaban J connectivity index is 2.10. The molecule has 0 aliphatic rings. The van der Waals surface area contributed by atoms with Crippen LogP contribution < -0.4 is 5.32 Å². The van der Waals surface area contributed by atoms with Gasteiger partial charge in [0, 0.05) is 27.5 Å². The molecule has 3 aromatic rings. The van der Waals surface area contributed by atoms with Gasteiger partial charge >= 0.3 is 0 Å². The number of anilines is 2. The Kier molecular flexibility index (Phi) is 3.56. The third-order valence-electron chi connectivity index (χ3n) is 3.68. The normalized spacial score (nSPS) is 10.9. The van der Waals surface area contributed by atoms with E-state index < -0.39 is 0 Å². The summed E-state index contributed by atoms with van der Waals surface area (Å²) in [6, 6.07) is 14.2. The number of hydrogen-bond acceptors (Lipinski definition) is 2. The van der Waals surface area contributed by atoms with Crippen molar-refractivity contribution in [1.29, 1.82) is 0 Å². The fraction of sp³-hybridized carbons (Fsp3) is 0.167. The van der Waals surface area contributed by atoms with Crippen molar-refractivity contribution in [2.45, 2.75) is 20.8 Å². The molecule has 0 radical (unpaired) electrons. The predicted molar refractivity (Wildman–Crippen MR) is 90.7 cm³/mol. The molecule has 0 unspecified atom stereocenters. The summed E-state index contributed by atoms with van der Waals surface area (Å²) in [6.07, 6.45) is 0. The highest BCUT2D eigenvalue weighted by molar-refractivity contribution is 6.31. The Morgan fingerprint density at radius 1 is 0.905 bits per heavy atom. The second-order valence-electron chi connectivity index (χ2n) is 5.40. The Morgan fingerprint density at radius 2 is 1.71 bits per heavy atom. The molecule has 1 N–H and O–H groups in total. The van der Waals surface area contributed by atoms with Crippen molar-refractivity contribution in [3.63, 3.8) is 0 Å². The monoisotopic (exact) mass is 296 g/mol. The highest BCUT2D eigenvalue weighted by atomic mass is 35.5. The van der Waals surface area contributed by atoms with E-state index in [2.05, 4.69) is 42.3 Å². The lowest BCUT2D eigenvalue weighted by atomic mass is 10.1. The summed E-state index contributed by atoms with van der Waals surface area (Å²) >= 11 is 6.12. The van der Waals surface area contributed by atoms with Crippen LogP contribution in [0.5, 0.6) is 0 Å². The van der Waals surface area contributed by atoms with Crippen LogP contribution in [-0.4, -0.2) is 4.98 Å². The van der Waals surface area contributed by atoms with Crippen LogP contribution in [0, 0.1) is 20.8 Å². The molecular weight excluding hydrogens is 280 g/mol. The molecule has 0 bridgehead atoms. The maximum absolute atomic E-state index is 6.12. The first-order valence-electron chi connectivity index (χ1n) is 6.94. The Labute approximate surface area is 129 Å². The maximum Gasteiger partial charge on any atom is 0.0727 e. The van der Waals surface area contributed by atoms with Crippen molar-refractivity contribution in [2.24, 2.45) is 0 Å². The van der Waals surface area contributed by atoms with Crippen molar-refractivity contribution in [2.75, 3.05) is 5.32 Å². The summed E-state index contributed by atoms with van der Waals surface area (Å²) in [5.74, 6) is 0. The second kappa shape index (κ2) is 5.38. The van der Waals surface area contributed by atoms with Gasteiger partial charge in [0.1, 0.15) is 0 Å². The molecule has 0 amide bonds. The number of aryl methyl sites for hydroxylation is 3. The lowest BCUT2D eigenvalue weighted by molar-refractivity contribution is 1.25. The van der Waals surface area contributed by atoms with E-state index in [1.165, 1.54) is 11.1 Å². The third-order valence-corrected chi connectivity index (χ3v) is 3.92. The van der Waals surface area contributed by atoms with Gasteiger partial charge in [-0.1, -0.05) is 17.7 Å². The average Bonchev–Trinajstić information content (AvgIpc) is 2.43. The first-order chi connectivity index (χ1) is 10.0. The van der Waals surface area contributed by atoms with Gasteiger partial charge in [0.25, 0.3) is 0 Å². The average molecular weight is 297 g/mol. The summed E-state index contributed by atoms with van der Waals surface area (Å²) in [7, 11) is 0. The van der Waals surface area contributed by atoms with Crippen LogP contribution in [0.4, 0.5) is 11.4 Å². The minimum atomic E-state index is 0.719. The van der Waals surface area contributed by atoms with Crippen molar-refractivity contribution in [3.05, 3.63) is 64.3 Å². The van der Waals surface area contributed by atoms with E-state index in [4.69, 9.17) is 11.6 Å². The minimum Gasteiger partial charge on any atom is -0.355 e. The number of rotatable bonds is 2. The number of fused-ring (bicyclic) bond motifs is 1. The molecule has 21 heavy (non-hydrogen) atoms. The molecule has 0 spiro atoms. The van der Waals surface area contributed by atoms with Crippen LogP contribution in [0.3, 0.4) is 0 Å². The van der Waals surface area contributed by atoms with Crippen LogP contribution >= 0.6 is 11.6 Å². The van der Waals surface area contributed by atoms with Gasteiger partial charge in [-0.05, 0) is 68.3 Å². The van der Waals surface area contributed by atoms with Gasteiger partial charge in [0.2, 0.25) is 0 Å². The van der Waals surface area contributed by atoms with Gasteiger partial charge in [-0.25, -0.2) is 0 Å². The molecule has 0 atom stereocenters. The summed E-state index contributed by atoms with van der Waals surface area (Å²) < 4.78 is 0. The highest BCUT2D eigenvalue weighted by Crippen LogP contribution is 2.29. The lowest BCUT2D eigenvalue weighted by Gasteiger charge is -2.12. The lowest BCUT2D eigenvalue weighted by Crippen LogP contribution is -1.95.